The molecule has 6 heteroatoms. The first-order valence-electron chi connectivity index (χ1n) is 6.13. The Kier molecular flexibility index (Phi) is 3.35. The van der Waals surface area contributed by atoms with E-state index in [1.807, 2.05) is 0 Å². The van der Waals surface area contributed by atoms with Gasteiger partial charge in [0.1, 0.15) is 5.82 Å². The van der Waals surface area contributed by atoms with Crippen LogP contribution in [-0.2, 0) is 6.54 Å². The third-order valence-electron chi connectivity index (χ3n) is 3.18. The molecule has 106 valence electrons. The van der Waals surface area contributed by atoms with Crippen LogP contribution in [0.5, 0.6) is 0 Å². The van der Waals surface area contributed by atoms with Crippen LogP contribution >= 0.6 is 11.6 Å². The summed E-state index contributed by atoms with van der Waals surface area (Å²) in [7, 11) is 0. The molecule has 0 spiro atoms. The number of para-hydroxylation sites is 1. The zero-order valence-electron chi connectivity index (χ0n) is 10.7. The molecule has 0 aliphatic rings. The van der Waals surface area contributed by atoms with E-state index in [9.17, 15) is 14.0 Å². The number of hydrogen-bond donors (Lipinski definition) is 0. The molecule has 21 heavy (non-hydrogen) atoms. The molecule has 0 radical (unpaired) electrons. The average molecular weight is 306 g/mol. The van der Waals surface area contributed by atoms with Crippen LogP contribution < -0.4 is 11.4 Å². The summed E-state index contributed by atoms with van der Waals surface area (Å²) < 4.78 is 19.8. The number of benzene rings is 2. The maximum Gasteiger partial charge on any atom is 0.422 e. The van der Waals surface area contributed by atoms with Crippen molar-refractivity contribution < 1.29 is 8.81 Å². The summed E-state index contributed by atoms with van der Waals surface area (Å²) in [5, 5.41) is 0.238. The van der Waals surface area contributed by atoms with Gasteiger partial charge < -0.3 is 4.42 Å². The largest absolute Gasteiger partial charge is 0.422 e. The molecule has 0 aliphatic carbocycles. The van der Waals surface area contributed by atoms with Crippen molar-refractivity contribution in [2.45, 2.75) is 6.54 Å². The van der Waals surface area contributed by atoms with E-state index >= 15 is 0 Å². The highest BCUT2D eigenvalue weighted by molar-refractivity contribution is 6.30. The van der Waals surface area contributed by atoms with E-state index in [4.69, 9.17) is 11.6 Å². The highest BCUT2D eigenvalue weighted by atomic mass is 35.5. The number of aromatic nitrogens is 1. The lowest BCUT2D eigenvalue weighted by Gasteiger charge is -2.09. The molecular formula is C15H9ClFNO3. The second-order valence-electron chi connectivity index (χ2n) is 4.47. The zero-order chi connectivity index (χ0) is 15.0. The lowest BCUT2D eigenvalue weighted by Crippen LogP contribution is -2.25. The van der Waals surface area contributed by atoms with Gasteiger partial charge in [0, 0.05) is 5.56 Å². The van der Waals surface area contributed by atoms with E-state index in [1.54, 1.807) is 30.3 Å². The van der Waals surface area contributed by atoms with Crippen molar-refractivity contribution >= 4 is 22.5 Å². The number of hydrogen-bond acceptors (Lipinski definition) is 3. The number of nitrogens with zero attached hydrogens (tertiary/aromatic N) is 1. The van der Waals surface area contributed by atoms with Gasteiger partial charge in [-0.05, 0) is 18.2 Å². The minimum absolute atomic E-state index is 0.0257. The van der Waals surface area contributed by atoms with Gasteiger partial charge in [0.05, 0.1) is 22.5 Å². The summed E-state index contributed by atoms with van der Waals surface area (Å²) in [6, 6.07) is 11.0. The smallest absolute Gasteiger partial charge is 0.372 e. The fraction of sp³-hybridized carbons (Fsp3) is 0.0667. The van der Waals surface area contributed by atoms with Gasteiger partial charge in [0.2, 0.25) is 0 Å². The zero-order valence-corrected chi connectivity index (χ0v) is 11.4. The average Bonchev–Trinajstić information content (AvgIpc) is 2.47. The molecule has 0 amide bonds. The van der Waals surface area contributed by atoms with Crippen molar-refractivity contribution in [3.05, 3.63) is 79.8 Å². The Balaban J connectivity index is 2.24. The molecule has 0 saturated heterocycles. The standard InChI is InChI=1S/C15H9ClFNO3/c16-11-6-3-4-9(13(11)17)8-18-12-7-2-1-5-10(12)14(19)21-15(18)20/h1-7H,8H2. The topological polar surface area (TPSA) is 52.2 Å². The monoisotopic (exact) mass is 305 g/mol. The van der Waals surface area contributed by atoms with Gasteiger partial charge in [-0.25, -0.2) is 14.0 Å². The van der Waals surface area contributed by atoms with Crippen molar-refractivity contribution in [2.75, 3.05) is 0 Å². The Bertz CT molecular complexity index is 946. The Morgan fingerprint density at radius 1 is 1.10 bits per heavy atom. The maximum atomic E-state index is 14.0. The van der Waals surface area contributed by atoms with E-state index in [0.717, 1.165) is 0 Å². The second-order valence-corrected chi connectivity index (χ2v) is 4.88. The van der Waals surface area contributed by atoms with E-state index in [2.05, 4.69) is 4.42 Å². The van der Waals surface area contributed by atoms with Crippen LogP contribution in [0.2, 0.25) is 5.02 Å². The molecule has 0 atom stereocenters. The quantitative estimate of drug-likeness (QED) is 0.731. The Hall–Kier alpha value is -2.40. The highest BCUT2D eigenvalue weighted by Crippen LogP contribution is 2.19. The highest BCUT2D eigenvalue weighted by Gasteiger charge is 2.12. The Morgan fingerprint density at radius 2 is 1.86 bits per heavy atom. The summed E-state index contributed by atoms with van der Waals surface area (Å²) in [6.45, 7) is -0.0739. The predicted molar refractivity (Wildman–Crippen MR) is 77.3 cm³/mol. The van der Waals surface area contributed by atoms with Crippen LogP contribution in [0.1, 0.15) is 5.56 Å². The van der Waals surface area contributed by atoms with Gasteiger partial charge in [0.25, 0.3) is 0 Å². The Morgan fingerprint density at radius 3 is 2.67 bits per heavy atom. The van der Waals surface area contributed by atoms with Crippen LogP contribution in [0.15, 0.2) is 56.5 Å². The number of rotatable bonds is 2. The van der Waals surface area contributed by atoms with Crippen molar-refractivity contribution in [3.63, 3.8) is 0 Å². The maximum absolute atomic E-state index is 14.0. The van der Waals surface area contributed by atoms with Gasteiger partial charge >= 0.3 is 11.4 Å². The summed E-state index contributed by atoms with van der Waals surface area (Å²) in [4.78, 5) is 23.5. The lowest BCUT2D eigenvalue weighted by atomic mass is 10.2. The summed E-state index contributed by atoms with van der Waals surface area (Å²) in [5.74, 6) is -1.43. The van der Waals surface area contributed by atoms with Crippen molar-refractivity contribution in [1.29, 1.82) is 0 Å². The van der Waals surface area contributed by atoms with Crippen LogP contribution in [0.25, 0.3) is 10.9 Å². The molecular weight excluding hydrogens is 297 g/mol. The number of halogens is 2. The molecule has 0 saturated carbocycles. The predicted octanol–water partition coefficient (Wildman–Crippen LogP) is 2.80. The third-order valence-corrected chi connectivity index (χ3v) is 3.47. The second kappa shape index (κ2) is 5.18. The van der Waals surface area contributed by atoms with Crippen LogP contribution in [0, 0.1) is 5.82 Å². The molecule has 0 N–H and O–H groups in total. The first-order chi connectivity index (χ1) is 10.1. The fourth-order valence-electron chi connectivity index (χ4n) is 2.16. The van der Waals surface area contributed by atoms with Gasteiger partial charge in [-0.3, -0.25) is 4.57 Å². The summed E-state index contributed by atoms with van der Waals surface area (Å²) in [5.41, 5.74) is -0.0832. The van der Waals surface area contributed by atoms with Crippen molar-refractivity contribution in [3.8, 4) is 0 Å². The van der Waals surface area contributed by atoms with Gasteiger partial charge in [-0.2, -0.15) is 0 Å². The van der Waals surface area contributed by atoms with Crippen LogP contribution in [0.4, 0.5) is 4.39 Å². The molecule has 3 rings (SSSR count). The molecule has 0 bridgehead atoms. The third kappa shape index (κ3) is 2.36. The van der Waals surface area contributed by atoms with E-state index in [-0.39, 0.29) is 22.5 Å². The van der Waals surface area contributed by atoms with Crippen LogP contribution in [0.3, 0.4) is 0 Å². The van der Waals surface area contributed by atoms with Gasteiger partial charge in [0.15, 0.2) is 0 Å². The van der Waals surface area contributed by atoms with Crippen molar-refractivity contribution in [1.82, 2.24) is 4.57 Å². The molecule has 0 unspecified atom stereocenters. The van der Waals surface area contributed by atoms with E-state index < -0.39 is 17.2 Å². The van der Waals surface area contributed by atoms with E-state index in [1.165, 1.54) is 16.7 Å². The molecule has 2 aromatic carbocycles. The first-order valence-corrected chi connectivity index (χ1v) is 6.51. The molecule has 4 nitrogen and oxygen atoms in total. The normalized spacial score (nSPS) is 11.0. The molecule has 3 aromatic rings. The van der Waals surface area contributed by atoms with Gasteiger partial charge in [-0.1, -0.05) is 35.9 Å². The lowest BCUT2D eigenvalue weighted by molar-refractivity contribution is 0.423. The van der Waals surface area contributed by atoms with E-state index in [0.29, 0.717) is 5.52 Å². The minimum Gasteiger partial charge on any atom is -0.372 e. The fourth-order valence-corrected chi connectivity index (χ4v) is 2.35. The summed E-state index contributed by atoms with van der Waals surface area (Å²) >= 11 is 5.73. The van der Waals surface area contributed by atoms with Gasteiger partial charge in [-0.15, -0.1) is 0 Å². The Labute approximate surface area is 123 Å². The van der Waals surface area contributed by atoms with Crippen molar-refractivity contribution in [2.24, 2.45) is 0 Å². The SMILES string of the molecule is O=c1oc(=O)n(Cc2cccc(Cl)c2F)c2ccccc12. The molecule has 0 fully saturated rings. The molecule has 0 aliphatic heterocycles. The summed E-state index contributed by atoms with van der Waals surface area (Å²) in [6.07, 6.45) is 0. The van der Waals surface area contributed by atoms with Crippen LogP contribution in [-0.4, -0.2) is 4.57 Å². The number of fused-ring (bicyclic) bond motifs is 1. The molecule has 1 heterocycles. The first kappa shape index (κ1) is 13.6. The minimum atomic E-state index is -0.835. The molecule has 1 aromatic heterocycles.